The second-order valence-electron chi connectivity index (χ2n) is 3.96. The Hall–Kier alpha value is -2.27. The minimum Gasteiger partial charge on any atom is -0.497 e. The summed E-state index contributed by atoms with van der Waals surface area (Å²) < 4.78 is 8.04. The summed E-state index contributed by atoms with van der Waals surface area (Å²) in [4.78, 5) is 12.4. The Labute approximate surface area is 113 Å². The van der Waals surface area contributed by atoms with Gasteiger partial charge < -0.3 is 4.74 Å². The second kappa shape index (κ2) is 4.44. The molecule has 0 N–H and O–H groups in total. The molecule has 0 aliphatic rings. The van der Waals surface area contributed by atoms with E-state index in [9.17, 15) is 4.79 Å². The van der Waals surface area contributed by atoms with E-state index in [1.54, 1.807) is 31.5 Å². The number of methoxy groups -OCH3 is 1. The molecule has 0 saturated carbocycles. The first kappa shape index (κ1) is 11.8. The largest absolute Gasteiger partial charge is 0.497 e. The van der Waals surface area contributed by atoms with Crippen LogP contribution in [-0.4, -0.2) is 21.3 Å². The van der Waals surface area contributed by atoms with Crippen molar-refractivity contribution in [1.82, 2.24) is 14.2 Å². The zero-order valence-corrected chi connectivity index (χ0v) is 10.8. The van der Waals surface area contributed by atoms with E-state index >= 15 is 0 Å². The lowest BCUT2D eigenvalue weighted by Gasteiger charge is -2.07. The molecule has 0 fully saturated rings. The Bertz CT molecular complexity index is 807. The second-order valence-corrected chi connectivity index (χ2v) is 4.37. The minimum atomic E-state index is -0.224. The fourth-order valence-electron chi connectivity index (χ4n) is 1.91. The molecular formula is C13H10ClN3O2. The summed E-state index contributed by atoms with van der Waals surface area (Å²) in [6.07, 6.45) is 3.11. The van der Waals surface area contributed by atoms with Crippen LogP contribution in [0.1, 0.15) is 0 Å². The first-order valence-electron chi connectivity index (χ1n) is 5.59. The maximum Gasteiger partial charge on any atom is 0.283 e. The molecule has 0 unspecified atom stereocenters. The van der Waals surface area contributed by atoms with E-state index < -0.39 is 0 Å². The van der Waals surface area contributed by atoms with Gasteiger partial charge in [0.25, 0.3) is 5.56 Å². The molecule has 0 saturated heterocycles. The first-order chi connectivity index (χ1) is 9.20. The molecule has 2 aromatic heterocycles. The number of hydrogen-bond donors (Lipinski definition) is 0. The molecule has 0 aliphatic heterocycles. The van der Waals surface area contributed by atoms with Crippen LogP contribution in [0.15, 0.2) is 47.7 Å². The molecule has 6 heteroatoms. The van der Waals surface area contributed by atoms with E-state index in [1.165, 1.54) is 15.4 Å². The molecule has 3 aromatic rings. The Morgan fingerprint density at radius 2 is 2.16 bits per heavy atom. The van der Waals surface area contributed by atoms with Crippen molar-refractivity contribution in [3.63, 3.8) is 0 Å². The predicted molar refractivity (Wildman–Crippen MR) is 72.4 cm³/mol. The fourth-order valence-corrected chi connectivity index (χ4v) is 2.14. The van der Waals surface area contributed by atoms with Crippen molar-refractivity contribution >= 4 is 17.1 Å². The van der Waals surface area contributed by atoms with E-state index in [0.717, 1.165) is 0 Å². The average molecular weight is 276 g/mol. The smallest absolute Gasteiger partial charge is 0.283 e. The van der Waals surface area contributed by atoms with E-state index in [2.05, 4.69) is 5.10 Å². The van der Waals surface area contributed by atoms with Gasteiger partial charge >= 0.3 is 0 Å². The number of halogens is 1. The Morgan fingerprint density at radius 1 is 1.32 bits per heavy atom. The van der Waals surface area contributed by atoms with Crippen molar-refractivity contribution in [3.05, 3.63) is 58.2 Å². The summed E-state index contributed by atoms with van der Waals surface area (Å²) in [5.41, 5.74) is 0.807. The molecule has 3 rings (SSSR count). The zero-order chi connectivity index (χ0) is 13.4. The van der Waals surface area contributed by atoms with E-state index in [-0.39, 0.29) is 5.56 Å². The van der Waals surface area contributed by atoms with Crippen LogP contribution < -0.4 is 10.3 Å². The van der Waals surface area contributed by atoms with Crippen molar-refractivity contribution in [2.45, 2.75) is 0 Å². The lowest BCUT2D eigenvalue weighted by atomic mass is 10.3. The van der Waals surface area contributed by atoms with Gasteiger partial charge in [0.15, 0.2) is 0 Å². The van der Waals surface area contributed by atoms with E-state index in [4.69, 9.17) is 16.3 Å². The van der Waals surface area contributed by atoms with Crippen molar-refractivity contribution in [3.8, 4) is 11.4 Å². The molecule has 1 aromatic carbocycles. The summed E-state index contributed by atoms with van der Waals surface area (Å²) in [6.45, 7) is 0. The van der Waals surface area contributed by atoms with Crippen molar-refractivity contribution in [2.75, 3.05) is 7.11 Å². The molecule has 96 valence electrons. The average Bonchev–Trinajstić information content (AvgIpc) is 2.82. The maximum atomic E-state index is 12.4. The molecule has 0 amide bonds. The zero-order valence-electron chi connectivity index (χ0n) is 10.1. The summed E-state index contributed by atoms with van der Waals surface area (Å²) in [5, 5.41) is 4.53. The highest BCUT2D eigenvalue weighted by Gasteiger charge is 2.09. The van der Waals surface area contributed by atoms with Gasteiger partial charge in [-0.15, -0.1) is 0 Å². The quantitative estimate of drug-likeness (QED) is 0.720. The van der Waals surface area contributed by atoms with Crippen LogP contribution in [0.25, 0.3) is 11.2 Å². The van der Waals surface area contributed by atoms with Crippen molar-refractivity contribution in [1.29, 1.82) is 0 Å². The third-order valence-electron chi connectivity index (χ3n) is 2.86. The number of ether oxygens (including phenoxy) is 1. The standard InChI is InChI=1S/C13H10ClN3O2/c1-19-10-4-2-3-9(7-10)16-8-15-17-6-5-11(14)12(17)13(16)18/h2-8H,1H3. The molecule has 0 atom stereocenters. The van der Waals surface area contributed by atoms with Gasteiger partial charge in [-0.2, -0.15) is 5.10 Å². The molecular weight excluding hydrogens is 266 g/mol. The van der Waals surface area contributed by atoms with Crippen molar-refractivity contribution in [2.24, 2.45) is 0 Å². The number of hydrogen-bond acceptors (Lipinski definition) is 3. The number of aromatic nitrogens is 3. The Balaban J connectivity index is 2.27. The van der Waals surface area contributed by atoms with Gasteiger partial charge in [-0.25, -0.2) is 4.52 Å². The van der Waals surface area contributed by atoms with E-state index in [1.807, 2.05) is 12.1 Å². The molecule has 2 heterocycles. The summed E-state index contributed by atoms with van der Waals surface area (Å²) in [5.74, 6) is 0.672. The third-order valence-corrected chi connectivity index (χ3v) is 3.17. The normalized spacial score (nSPS) is 10.8. The first-order valence-corrected chi connectivity index (χ1v) is 5.97. The Kier molecular flexibility index (Phi) is 2.76. The van der Waals surface area contributed by atoms with Gasteiger partial charge in [0.1, 0.15) is 17.6 Å². The van der Waals surface area contributed by atoms with Gasteiger partial charge in [-0.05, 0) is 18.2 Å². The highest BCUT2D eigenvalue weighted by Crippen LogP contribution is 2.17. The molecule has 0 aliphatic carbocycles. The summed E-state index contributed by atoms with van der Waals surface area (Å²) in [6, 6.07) is 8.83. The number of benzene rings is 1. The van der Waals surface area contributed by atoms with Crippen LogP contribution in [0.4, 0.5) is 0 Å². The fraction of sp³-hybridized carbons (Fsp3) is 0.0769. The van der Waals surface area contributed by atoms with Gasteiger partial charge in [0, 0.05) is 12.3 Å². The maximum absolute atomic E-state index is 12.4. The topological polar surface area (TPSA) is 48.5 Å². The highest BCUT2D eigenvalue weighted by atomic mass is 35.5. The van der Waals surface area contributed by atoms with Crippen LogP contribution >= 0.6 is 11.6 Å². The van der Waals surface area contributed by atoms with Gasteiger partial charge in [-0.1, -0.05) is 17.7 Å². The van der Waals surface area contributed by atoms with Crippen LogP contribution in [0.2, 0.25) is 5.02 Å². The molecule has 19 heavy (non-hydrogen) atoms. The molecule has 0 spiro atoms. The highest BCUT2D eigenvalue weighted by molar-refractivity contribution is 6.33. The van der Waals surface area contributed by atoms with Gasteiger partial charge in [0.2, 0.25) is 0 Å². The molecule has 0 radical (unpaired) electrons. The van der Waals surface area contributed by atoms with Crippen molar-refractivity contribution < 1.29 is 4.74 Å². The lowest BCUT2D eigenvalue weighted by molar-refractivity contribution is 0.414. The molecule has 0 bridgehead atoms. The van der Waals surface area contributed by atoms with Gasteiger partial charge in [0.05, 0.1) is 17.8 Å². The minimum absolute atomic E-state index is 0.224. The van der Waals surface area contributed by atoms with Crippen LogP contribution in [-0.2, 0) is 0 Å². The van der Waals surface area contributed by atoms with Crippen LogP contribution in [0.3, 0.4) is 0 Å². The number of nitrogens with zero attached hydrogens (tertiary/aromatic N) is 3. The molecule has 5 nitrogen and oxygen atoms in total. The summed E-state index contributed by atoms with van der Waals surface area (Å²) >= 11 is 6.00. The van der Waals surface area contributed by atoms with Gasteiger partial charge in [-0.3, -0.25) is 9.36 Å². The number of fused-ring (bicyclic) bond motifs is 1. The van der Waals surface area contributed by atoms with Crippen LogP contribution in [0, 0.1) is 0 Å². The van der Waals surface area contributed by atoms with Crippen LogP contribution in [0.5, 0.6) is 5.75 Å². The lowest BCUT2D eigenvalue weighted by Crippen LogP contribution is -2.21. The SMILES string of the molecule is COc1cccc(-n2cnn3ccc(Cl)c3c2=O)c1. The number of rotatable bonds is 2. The summed E-state index contributed by atoms with van der Waals surface area (Å²) in [7, 11) is 1.58. The Morgan fingerprint density at radius 3 is 2.95 bits per heavy atom. The predicted octanol–water partition coefficient (Wildman–Crippen LogP) is 2.15. The third kappa shape index (κ3) is 1.88. The monoisotopic (exact) mass is 275 g/mol. The van der Waals surface area contributed by atoms with E-state index in [0.29, 0.717) is 22.0 Å².